The van der Waals surface area contributed by atoms with E-state index in [2.05, 4.69) is 9.82 Å². The monoisotopic (exact) mass is 314 g/mol. The highest BCUT2D eigenvalue weighted by atomic mass is 32.2. The predicted molar refractivity (Wildman–Crippen MR) is 71.8 cm³/mol. The van der Waals surface area contributed by atoms with Crippen LogP contribution in [0.3, 0.4) is 0 Å². The highest BCUT2D eigenvalue weighted by Gasteiger charge is 2.21. The lowest BCUT2D eigenvalue weighted by atomic mass is 10.3. The number of rotatable bonds is 5. The van der Waals surface area contributed by atoms with E-state index in [0.717, 1.165) is 12.1 Å². The molecule has 112 valence electrons. The van der Waals surface area contributed by atoms with E-state index in [1.54, 1.807) is 0 Å². The molecule has 10 heteroatoms. The summed E-state index contributed by atoms with van der Waals surface area (Å²) < 4.78 is 41.3. The van der Waals surface area contributed by atoms with Crippen molar-refractivity contribution in [2.24, 2.45) is 0 Å². The Morgan fingerprint density at radius 2 is 2.19 bits per heavy atom. The molecule has 0 fully saturated rings. The molecule has 0 atom stereocenters. The molecule has 2 aromatic rings. The maximum absolute atomic E-state index is 13.5. The Morgan fingerprint density at radius 3 is 2.71 bits per heavy atom. The van der Waals surface area contributed by atoms with Gasteiger partial charge in [0.1, 0.15) is 0 Å². The summed E-state index contributed by atoms with van der Waals surface area (Å²) in [5.74, 6) is -1.22. The molecule has 1 heterocycles. The number of anilines is 1. The molecule has 0 amide bonds. The number of sulfonamides is 1. The van der Waals surface area contributed by atoms with Crippen molar-refractivity contribution in [3.63, 3.8) is 0 Å². The molecule has 0 spiro atoms. The summed E-state index contributed by atoms with van der Waals surface area (Å²) in [5.41, 5.74) is -0.566. The van der Waals surface area contributed by atoms with Crippen LogP contribution in [0.2, 0.25) is 0 Å². The molecule has 0 radical (unpaired) electrons. The van der Waals surface area contributed by atoms with Gasteiger partial charge in [0, 0.05) is 24.9 Å². The Morgan fingerprint density at radius 1 is 1.48 bits per heavy atom. The number of nitro benzene ring substituents is 1. The van der Waals surface area contributed by atoms with Crippen LogP contribution < -0.4 is 4.72 Å². The average Bonchev–Trinajstić information content (AvgIpc) is 2.85. The van der Waals surface area contributed by atoms with Crippen molar-refractivity contribution < 1.29 is 17.7 Å². The summed E-state index contributed by atoms with van der Waals surface area (Å²) in [5, 5.41) is 14.4. The molecule has 0 aliphatic carbocycles. The molecule has 0 saturated carbocycles. The first-order chi connectivity index (χ1) is 9.83. The molecule has 0 aliphatic heterocycles. The quantitative estimate of drug-likeness (QED) is 0.668. The Labute approximate surface area is 119 Å². The zero-order valence-corrected chi connectivity index (χ0v) is 11.7. The molecule has 1 N–H and O–H groups in total. The van der Waals surface area contributed by atoms with Crippen molar-refractivity contribution in [2.45, 2.75) is 18.4 Å². The molecule has 1 aromatic heterocycles. The molecule has 8 nitrogen and oxygen atoms in total. The number of nitro groups is 1. The van der Waals surface area contributed by atoms with E-state index in [4.69, 9.17) is 0 Å². The van der Waals surface area contributed by atoms with Crippen LogP contribution in [-0.4, -0.2) is 23.1 Å². The van der Waals surface area contributed by atoms with E-state index >= 15 is 0 Å². The minimum absolute atomic E-state index is 0.218. The number of aryl methyl sites for hydroxylation is 1. The van der Waals surface area contributed by atoms with Crippen LogP contribution in [0.1, 0.15) is 6.92 Å². The van der Waals surface area contributed by atoms with Crippen molar-refractivity contribution in [3.05, 3.63) is 46.5 Å². The summed E-state index contributed by atoms with van der Waals surface area (Å²) in [6.45, 7) is 2.39. The fourth-order valence-electron chi connectivity index (χ4n) is 1.61. The van der Waals surface area contributed by atoms with Gasteiger partial charge in [-0.3, -0.25) is 19.5 Å². The average molecular weight is 314 g/mol. The zero-order chi connectivity index (χ0) is 15.6. The number of halogens is 1. The van der Waals surface area contributed by atoms with E-state index in [1.165, 1.54) is 17.1 Å². The second-order valence-electron chi connectivity index (χ2n) is 4.06. The second-order valence-corrected chi connectivity index (χ2v) is 5.74. The van der Waals surface area contributed by atoms with E-state index in [0.29, 0.717) is 12.6 Å². The summed E-state index contributed by atoms with van der Waals surface area (Å²) in [7, 11) is -4.04. The van der Waals surface area contributed by atoms with Crippen LogP contribution in [0.4, 0.5) is 15.8 Å². The summed E-state index contributed by atoms with van der Waals surface area (Å²) in [6.07, 6.45) is 2.78. The SMILES string of the molecule is CCn1cc(NS(=O)(=O)c2ccc([N+](=O)[O-])c(F)c2)cn1. The van der Waals surface area contributed by atoms with E-state index in [9.17, 15) is 22.9 Å². The minimum atomic E-state index is -4.04. The third-order valence-electron chi connectivity index (χ3n) is 2.64. The van der Waals surface area contributed by atoms with E-state index in [-0.39, 0.29) is 5.69 Å². The second kappa shape index (κ2) is 5.48. The first kappa shape index (κ1) is 14.9. The molecule has 2 rings (SSSR count). The fourth-order valence-corrected chi connectivity index (χ4v) is 2.65. The van der Waals surface area contributed by atoms with Gasteiger partial charge in [-0.15, -0.1) is 0 Å². The van der Waals surface area contributed by atoms with Crippen LogP contribution in [0, 0.1) is 15.9 Å². The largest absolute Gasteiger partial charge is 0.304 e. The maximum atomic E-state index is 13.5. The van der Waals surface area contributed by atoms with Gasteiger partial charge in [-0.1, -0.05) is 0 Å². The van der Waals surface area contributed by atoms with Crippen LogP contribution in [-0.2, 0) is 16.6 Å². The Hall–Kier alpha value is -2.49. The first-order valence-electron chi connectivity index (χ1n) is 5.82. The highest BCUT2D eigenvalue weighted by molar-refractivity contribution is 7.92. The summed E-state index contributed by atoms with van der Waals surface area (Å²) in [4.78, 5) is 9.17. The van der Waals surface area contributed by atoms with Crippen molar-refractivity contribution >= 4 is 21.4 Å². The van der Waals surface area contributed by atoms with Gasteiger partial charge in [0.15, 0.2) is 0 Å². The van der Waals surface area contributed by atoms with E-state index in [1.807, 2.05) is 6.92 Å². The van der Waals surface area contributed by atoms with Gasteiger partial charge in [0.2, 0.25) is 5.82 Å². The number of hydrogen-bond acceptors (Lipinski definition) is 5. The predicted octanol–water partition coefficient (Wildman–Crippen LogP) is 1.75. The standard InChI is InChI=1S/C11H11FN4O4S/c1-2-15-7-8(6-13-15)14-21(19,20)9-3-4-11(16(17)18)10(12)5-9/h3-7,14H,2H2,1H3. The third-order valence-corrected chi connectivity index (χ3v) is 4.01. The molecule has 0 unspecified atom stereocenters. The maximum Gasteiger partial charge on any atom is 0.304 e. The van der Waals surface area contributed by atoms with Gasteiger partial charge in [0.05, 0.1) is 21.7 Å². The van der Waals surface area contributed by atoms with Crippen molar-refractivity contribution in [2.75, 3.05) is 4.72 Å². The normalized spacial score (nSPS) is 11.3. The number of aromatic nitrogens is 2. The van der Waals surface area contributed by atoms with Gasteiger partial charge in [-0.05, 0) is 13.0 Å². The van der Waals surface area contributed by atoms with Crippen LogP contribution in [0.25, 0.3) is 0 Å². The van der Waals surface area contributed by atoms with Crippen molar-refractivity contribution in [3.8, 4) is 0 Å². The fraction of sp³-hybridized carbons (Fsp3) is 0.182. The van der Waals surface area contributed by atoms with E-state index < -0.39 is 31.3 Å². The molecule has 0 saturated heterocycles. The molecule has 1 aromatic carbocycles. The van der Waals surface area contributed by atoms with Crippen LogP contribution >= 0.6 is 0 Å². The molecular weight excluding hydrogens is 303 g/mol. The smallest absolute Gasteiger partial charge is 0.276 e. The highest BCUT2D eigenvalue weighted by Crippen LogP contribution is 2.22. The zero-order valence-electron chi connectivity index (χ0n) is 10.9. The Kier molecular flexibility index (Phi) is 3.89. The van der Waals surface area contributed by atoms with Gasteiger partial charge >= 0.3 is 5.69 Å². The Bertz CT molecular complexity index is 787. The van der Waals surface area contributed by atoms with Gasteiger partial charge in [-0.25, -0.2) is 8.42 Å². The van der Waals surface area contributed by atoms with Crippen LogP contribution in [0.5, 0.6) is 0 Å². The number of hydrogen-bond donors (Lipinski definition) is 1. The molecule has 21 heavy (non-hydrogen) atoms. The lowest BCUT2D eigenvalue weighted by molar-refractivity contribution is -0.387. The summed E-state index contributed by atoms with van der Waals surface area (Å²) in [6, 6.07) is 2.37. The molecule has 0 bridgehead atoms. The lowest BCUT2D eigenvalue weighted by Crippen LogP contribution is -2.13. The number of nitrogens with one attached hydrogen (secondary N) is 1. The first-order valence-corrected chi connectivity index (χ1v) is 7.31. The van der Waals surface area contributed by atoms with Gasteiger partial charge in [0.25, 0.3) is 10.0 Å². The summed E-state index contributed by atoms with van der Waals surface area (Å²) >= 11 is 0. The molecular formula is C11H11FN4O4S. The Balaban J connectivity index is 2.31. The van der Waals surface area contributed by atoms with Crippen molar-refractivity contribution in [1.82, 2.24) is 9.78 Å². The third kappa shape index (κ3) is 3.16. The molecule has 0 aliphatic rings. The van der Waals surface area contributed by atoms with Gasteiger partial charge < -0.3 is 0 Å². The van der Waals surface area contributed by atoms with Gasteiger partial charge in [-0.2, -0.15) is 9.49 Å². The topological polar surface area (TPSA) is 107 Å². The van der Waals surface area contributed by atoms with Crippen LogP contribution in [0.15, 0.2) is 35.5 Å². The number of benzene rings is 1. The van der Waals surface area contributed by atoms with Crippen molar-refractivity contribution in [1.29, 1.82) is 0 Å². The number of nitrogens with zero attached hydrogens (tertiary/aromatic N) is 3. The lowest BCUT2D eigenvalue weighted by Gasteiger charge is -2.06. The minimum Gasteiger partial charge on any atom is -0.276 e.